The number of benzene rings is 3. The first-order chi connectivity index (χ1) is 14.1. The van der Waals surface area contributed by atoms with E-state index in [2.05, 4.69) is 10.3 Å². The number of hydrogen-bond donors (Lipinski definition) is 2. The van der Waals surface area contributed by atoms with Gasteiger partial charge in [-0.05, 0) is 60.2 Å². The first kappa shape index (κ1) is 19.2. The average Bonchev–Trinajstić information content (AvgIpc) is 3.10. The zero-order chi connectivity index (χ0) is 20.2. The molecule has 0 bridgehead atoms. The van der Waals surface area contributed by atoms with Gasteiger partial charge in [-0.2, -0.15) is 0 Å². The molecule has 0 unspecified atom stereocenters. The highest BCUT2D eigenvalue weighted by atomic mass is 32.2. The van der Waals surface area contributed by atoms with Crippen molar-refractivity contribution in [2.75, 3.05) is 12.3 Å². The summed E-state index contributed by atoms with van der Waals surface area (Å²) in [6.45, 7) is 0.462. The molecule has 0 atom stereocenters. The summed E-state index contributed by atoms with van der Waals surface area (Å²) in [7, 11) is 0. The predicted octanol–water partition coefficient (Wildman–Crippen LogP) is 5.64. The van der Waals surface area contributed by atoms with E-state index in [1.165, 1.54) is 36.4 Å². The van der Waals surface area contributed by atoms with E-state index >= 15 is 0 Å². The van der Waals surface area contributed by atoms with Crippen molar-refractivity contribution in [1.29, 1.82) is 0 Å². The Labute approximate surface area is 171 Å². The summed E-state index contributed by atoms with van der Waals surface area (Å²) in [5.74, 6) is -0.223. The molecule has 2 N–H and O–H groups in total. The summed E-state index contributed by atoms with van der Waals surface area (Å²) < 4.78 is 26.3. The summed E-state index contributed by atoms with van der Waals surface area (Å²) in [5.41, 5.74) is 3.27. The van der Waals surface area contributed by atoms with E-state index < -0.39 is 0 Å². The van der Waals surface area contributed by atoms with Crippen molar-refractivity contribution in [2.24, 2.45) is 0 Å². The van der Waals surface area contributed by atoms with Crippen molar-refractivity contribution in [3.05, 3.63) is 90.0 Å². The van der Waals surface area contributed by atoms with Gasteiger partial charge in [-0.15, -0.1) is 11.8 Å². The Bertz CT molecular complexity index is 1140. The summed E-state index contributed by atoms with van der Waals surface area (Å²) in [4.78, 5) is 16.6. The summed E-state index contributed by atoms with van der Waals surface area (Å²) in [6, 6.07) is 19.8. The molecule has 0 spiro atoms. The van der Waals surface area contributed by atoms with Crippen molar-refractivity contribution in [1.82, 2.24) is 10.3 Å². The van der Waals surface area contributed by atoms with E-state index in [1.807, 2.05) is 24.3 Å². The monoisotopic (exact) mass is 408 g/mol. The lowest BCUT2D eigenvalue weighted by atomic mass is 10.1. The van der Waals surface area contributed by atoms with E-state index in [0.29, 0.717) is 17.9 Å². The molecule has 0 aliphatic carbocycles. The number of rotatable bonds is 6. The van der Waals surface area contributed by atoms with Gasteiger partial charge in [0, 0.05) is 33.7 Å². The topological polar surface area (TPSA) is 44.9 Å². The molecule has 1 aromatic heterocycles. The van der Waals surface area contributed by atoms with Crippen LogP contribution in [0.4, 0.5) is 8.78 Å². The molecule has 3 aromatic carbocycles. The van der Waals surface area contributed by atoms with Crippen molar-refractivity contribution in [2.45, 2.75) is 4.90 Å². The Balaban J connectivity index is 1.48. The Morgan fingerprint density at radius 2 is 1.55 bits per heavy atom. The lowest BCUT2D eigenvalue weighted by Gasteiger charge is -2.07. The van der Waals surface area contributed by atoms with Crippen LogP contribution in [0.15, 0.2) is 77.7 Å². The molecule has 4 rings (SSSR count). The number of H-pyrrole nitrogens is 1. The van der Waals surface area contributed by atoms with E-state index in [9.17, 15) is 13.6 Å². The van der Waals surface area contributed by atoms with Crippen LogP contribution in [0.3, 0.4) is 0 Å². The van der Waals surface area contributed by atoms with Crippen LogP contribution in [-0.2, 0) is 0 Å². The normalized spacial score (nSPS) is 11.0. The molecule has 6 heteroatoms. The third kappa shape index (κ3) is 4.32. The first-order valence-electron chi connectivity index (χ1n) is 9.15. The van der Waals surface area contributed by atoms with Gasteiger partial charge in [0.2, 0.25) is 0 Å². The van der Waals surface area contributed by atoms with Crippen molar-refractivity contribution < 1.29 is 13.6 Å². The maximum Gasteiger partial charge on any atom is 0.251 e. The predicted molar refractivity (Wildman–Crippen MR) is 113 cm³/mol. The Hall–Kier alpha value is -3.12. The largest absolute Gasteiger partial charge is 0.354 e. The molecule has 0 fully saturated rings. The van der Waals surface area contributed by atoms with Crippen LogP contribution in [0.5, 0.6) is 0 Å². The standard InChI is InChI=1S/C23H18F2N2OS/c24-17-9-5-15(6-10-17)21-22(19-3-1-2-4-20(19)27-21)29-14-13-26-23(28)16-7-11-18(25)12-8-16/h1-12,27H,13-14H2,(H,26,28). The van der Waals surface area contributed by atoms with Gasteiger partial charge in [0.05, 0.1) is 5.69 Å². The highest BCUT2D eigenvalue weighted by molar-refractivity contribution is 7.99. The van der Waals surface area contributed by atoms with Crippen molar-refractivity contribution in [3.8, 4) is 11.3 Å². The van der Waals surface area contributed by atoms with Crippen LogP contribution >= 0.6 is 11.8 Å². The quantitative estimate of drug-likeness (QED) is 0.321. The minimum absolute atomic E-state index is 0.233. The lowest BCUT2D eigenvalue weighted by molar-refractivity contribution is 0.0956. The Morgan fingerprint density at radius 1 is 0.897 bits per heavy atom. The Morgan fingerprint density at radius 3 is 2.28 bits per heavy atom. The molecule has 1 heterocycles. The second-order valence-corrected chi connectivity index (χ2v) is 7.60. The minimum Gasteiger partial charge on any atom is -0.354 e. The Kier molecular flexibility index (Phi) is 5.62. The van der Waals surface area contributed by atoms with Crippen LogP contribution < -0.4 is 5.32 Å². The van der Waals surface area contributed by atoms with Gasteiger partial charge >= 0.3 is 0 Å². The van der Waals surface area contributed by atoms with Gasteiger partial charge in [0.15, 0.2) is 0 Å². The first-order valence-corrected chi connectivity index (χ1v) is 10.1. The van der Waals surface area contributed by atoms with Crippen LogP contribution in [-0.4, -0.2) is 23.2 Å². The number of hydrogen-bond acceptors (Lipinski definition) is 2. The molecule has 146 valence electrons. The van der Waals surface area contributed by atoms with E-state index in [0.717, 1.165) is 27.1 Å². The number of halogens is 2. The second-order valence-electron chi connectivity index (χ2n) is 6.49. The molecule has 3 nitrogen and oxygen atoms in total. The molecule has 0 radical (unpaired) electrons. The number of nitrogens with one attached hydrogen (secondary N) is 2. The van der Waals surface area contributed by atoms with Crippen molar-refractivity contribution >= 4 is 28.6 Å². The zero-order valence-electron chi connectivity index (χ0n) is 15.4. The number of para-hydroxylation sites is 1. The zero-order valence-corrected chi connectivity index (χ0v) is 16.2. The summed E-state index contributed by atoms with van der Waals surface area (Å²) >= 11 is 1.62. The number of carbonyl (C=O) groups is 1. The van der Waals surface area contributed by atoms with Gasteiger partial charge in [0.1, 0.15) is 11.6 Å². The van der Waals surface area contributed by atoms with Gasteiger partial charge in [0.25, 0.3) is 5.91 Å². The van der Waals surface area contributed by atoms with Crippen LogP contribution in [0, 0.1) is 11.6 Å². The van der Waals surface area contributed by atoms with Gasteiger partial charge < -0.3 is 10.3 Å². The minimum atomic E-state index is -0.371. The molecule has 0 saturated heterocycles. The van der Waals surface area contributed by atoms with E-state index in [-0.39, 0.29) is 17.5 Å². The molecule has 0 aliphatic heterocycles. The second kappa shape index (κ2) is 8.49. The lowest BCUT2D eigenvalue weighted by Crippen LogP contribution is -2.25. The van der Waals surface area contributed by atoms with Crippen LogP contribution in [0.25, 0.3) is 22.2 Å². The fourth-order valence-electron chi connectivity index (χ4n) is 3.11. The fourth-order valence-corrected chi connectivity index (χ4v) is 4.16. The average molecular weight is 408 g/mol. The van der Waals surface area contributed by atoms with Crippen molar-refractivity contribution in [3.63, 3.8) is 0 Å². The molecule has 0 aliphatic rings. The number of aromatic nitrogens is 1. The molecule has 4 aromatic rings. The van der Waals surface area contributed by atoms with Gasteiger partial charge in [-0.3, -0.25) is 4.79 Å². The smallest absolute Gasteiger partial charge is 0.251 e. The summed E-state index contributed by atoms with van der Waals surface area (Å²) in [5, 5.41) is 3.94. The van der Waals surface area contributed by atoms with E-state index in [4.69, 9.17) is 0 Å². The SMILES string of the molecule is O=C(NCCSc1c(-c2ccc(F)cc2)[nH]c2ccccc12)c1ccc(F)cc1. The van der Waals surface area contributed by atoms with Crippen LogP contribution in [0.2, 0.25) is 0 Å². The number of fused-ring (bicyclic) bond motifs is 1. The van der Waals surface area contributed by atoms with E-state index in [1.54, 1.807) is 23.9 Å². The molecule has 1 amide bonds. The van der Waals surface area contributed by atoms with Gasteiger partial charge in [-0.1, -0.05) is 18.2 Å². The highest BCUT2D eigenvalue weighted by Gasteiger charge is 2.14. The maximum absolute atomic E-state index is 13.3. The van der Waals surface area contributed by atoms with Gasteiger partial charge in [-0.25, -0.2) is 8.78 Å². The molecular formula is C23H18F2N2OS. The number of aromatic amines is 1. The third-order valence-corrected chi connectivity index (χ3v) is 5.65. The third-order valence-electron chi connectivity index (χ3n) is 4.53. The fraction of sp³-hybridized carbons (Fsp3) is 0.0870. The summed E-state index contributed by atoms with van der Waals surface area (Å²) in [6.07, 6.45) is 0. The number of thioether (sulfide) groups is 1. The molecule has 29 heavy (non-hydrogen) atoms. The number of amides is 1. The van der Waals surface area contributed by atoms with Crippen LogP contribution in [0.1, 0.15) is 10.4 Å². The molecular weight excluding hydrogens is 390 g/mol. The molecule has 0 saturated carbocycles. The number of carbonyl (C=O) groups excluding carboxylic acids is 1. The maximum atomic E-state index is 13.3. The highest BCUT2D eigenvalue weighted by Crippen LogP contribution is 2.37.